The van der Waals surface area contributed by atoms with Crippen LogP contribution in [0.4, 0.5) is 5.69 Å². The molecule has 0 aliphatic heterocycles. The van der Waals surface area contributed by atoms with E-state index in [4.69, 9.17) is 16.7 Å². The van der Waals surface area contributed by atoms with Crippen molar-refractivity contribution in [3.05, 3.63) is 28.8 Å². The Hall–Kier alpha value is -1.59. The number of hydrogen-bond acceptors (Lipinski definition) is 3. The Morgan fingerprint density at radius 1 is 1.40 bits per heavy atom. The predicted octanol–water partition coefficient (Wildman–Crippen LogP) is 2.38. The average Bonchev–Trinajstić information content (AvgIpc) is 2.33. The molecule has 1 rings (SSSR count). The van der Waals surface area contributed by atoms with Crippen LogP contribution in [0, 0.1) is 6.92 Å². The molecular weight excluding hydrogens is 280 g/mol. The first-order valence-corrected chi connectivity index (χ1v) is 6.53. The maximum atomic E-state index is 11.9. The van der Waals surface area contributed by atoms with Crippen molar-refractivity contribution >= 4 is 29.2 Å². The summed E-state index contributed by atoms with van der Waals surface area (Å²) in [5.41, 5.74) is 0.406. The number of carboxylic acid groups (broad SMARTS) is 1. The monoisotopic (exact) mass is 298 g/mol. The molecule has 0 aliphatic rings. The van der Waals surface area contributed by atoms with Crippen LogP contribution >= 0.6 is 11.6 Å². The van der Waals surface area contributed by atoms with Crippen molar-refractivity contribution in [2.45, 2.75) is 26.3 Å². The van der Waals surface area contributed by atoms with Gasteiger partial charge in [0, 0.05) is 10.7 Å². The number of rotatable bonds is 5. The maximum Gasteiger partial charge on any atom is 0.323 e. The van der Waals surface area contributed by atoms with Gasteiger partial charge in [-0.15, -0.1) is 0 Å². The second-order valence-corrected chi connectivity index (χ2v) is 5.64. The molecule has 0 atom stereocenters. The summed E-state index contributed by atoms with van der Waals surface area (Å²) >= 11 is 5.98. The van der Waals surface area contributed by atoms with Gasteiger partial charge in [0.05, 0.1) is 6.54 Å². The number of amides is 1. The number of benzene rings is 1. The Labute approximate surface area is 123 Å². The van der Waals surface area contributed by atoms with E-state index in [2.05, 4.69) is 5.32 Å². The van der Waals surface area contributed by atoms with Gasteiger partial charge >= 0.3 is 5.97 Å². The highest BCUT2D eigenvalue weighted by Gasteiger charge is 2.32. The molecule has 0 aromatic heterocycles. The molecule has 5 nitrogen and oxygen atoms in total. The van der Waals surface area contributed by atoms with E-state index in [1.807, 2.05) is 13.0 Å². The summed E-state index contributed by atoms with van der Waals surface area (Å²) in [5, 5.41) is 12.4. The van der Waals surface area contributed by atoms with Crippen LogP contribution in [-0.4, -0.2) is 41.0 Å². The summed E-state index contributed by atoms with van der Waals surface area (Å²) in [7, 11) is 1.59. The first-order chi connectivity index (χ1) is 9.14. The van der Waals surface area contributed by atoms with E-state index in [-0.39, 0.29) is 12.5 Å². The van der Waals surface area contributed by atoms with Crippen molar-refractivity contribution in [1.82, 2.24) is 4.90 Å². The minimum Gasteiger partial charge on any atom is -0.480 e. The van der Waals surface area contributed by atoms with Gasteiger partial charge < -0.3 is 10.4 Å². The van der Waals surface area contributed by atoms with Crippen molar-refractivity contribution in [2.24, 2.45) is 0 Å². The van der Waals surface area contributed by atoms with Gasteiger partial charge in [-0.25, -0.2) is 0 Å². The lowest BCUT2D eigenvalue weighted by Crippen LogP contribution is -2.50. The number of nitrogens with zero attached hydrogens (tertiary/aromatic N) is 1. The van der Waals surface area contributed by atoms with Crippen LogP contribution in [0.15, 0.2) is 18.2 Å². The third-order valence-electron chi connectivity index (χ3n) is 3.31. The SMILES string of the molecule is Cc1ccc(NC(=O)CN(C)C(C)(C)C(=O)O)cc1Cl. The molecule has 0 bridgehead atoms. The van der Waals surface area contributed by atoms with Crippen LogP contribution < -0.4 is 5.32 Å². The lowest BCUT2D eigenvalue weighted by atomic mass is 10.0. The number of hydrogen-bond donors (Lipinski definition) is 2. The molecule has 1 aromatic carbocycles. The largest absolute Gasteiger partial charge is 0.480 e. The van der Waals surface area contributed by atoms with E-state index < -0.39 is 11.5 Å². The van der Waals surface area contributed by atoms with Crippen molar-refractivity contribution in [2.75, 3.05) is 18.9 Å². The van der Waals surface area contributed by atoms with Crippen molar-refractivity contribution in [1.29, 1.82) is 0 Å². The van der Waals surface area contributed by atoms with E-state index in [9.17, 15) is 9.59 Å². The summed E-state index contributed by atoms with van der Waals surface area (Å²) in [6, 6.07) is 5.22. The van der Waals surface area contributed by atoms with Gasteiger partial charge in [-0.1, -0.05) is 17.7 Å². The summed E-state index contributed by atoms with van der Waals surface area (Å²) in [6.45, 7) is 4.94. The zero-order chi connectivity index (χ0) is 15.5. The number of anilines is 1. The molecule has 0 fully saturated rings. The molecule has 0 heterocycles. The van der Waals surface area contributed by atoms with Gasteiger partial charge in [0.25, 0.3) is 0 Å². The second kappa shape index (κ2) is 6.24. The number of aryl methyl sites for hydroxylation is 1. The highest BCUT2D eigenvalue weighted by molar-refractivity contribution is 6.31. The Bertz CT molecular complexity index is 529. The van der Waals surface area contributed by atoms with Crippen LogP contribution in [0.3, 0.4) is 0 Å². The molecule has 20 heavy (non-hydrogen) atoms. The van der Waals surface area contributed by atoms with Crippen molar-refractivity contribution in [3.8, 4) is 0 Å². The number of likely N-dealkylation sites (N-methyl/N-ethyl adjacent to an activating group) is 1. The normalized spacial score (nSPS) is 11.5. The van der Waals surface area contributed by atoms with Crippen molar-refractivity contribution < 1.29 is 14.7 Å². The van der Waals surface area contributed by atoms with Crippen LogP contribution in [-0.2, 0) is 9.59 Å². The Morgan fingerprint density at radius 2 is 2.00 bits per heavy atom. The van der Waals surface area contributed by atoms with E-state index in [1.165, 1.54) is 4.90 Å². The third kappa shape index (κ3) is 3.95. The molecule has 0 radical (unpaired) electrons. The minimum atomic E-state index is -1.11. The lowest BCUT2D eigenvalue weighted by Gasteiger charge is -2.30. The molecular formula is C14H19ClN2O3. The fraction of sp³-hybridized carbons (Fsp3) is 0.429. The molecule has 0 spiro atoms. The molecule has 6 heteroatoms. The number of aliphatic carboxylic acids is 1. The molecule has 1 aromatic rings. The van der Waals surface area contributed by atoms with Gasteiger partial charge in [-0.2, -0.15) is 0 Å². The summed E-state index contributed by atoms with van der Waals surface area (Å²) in [6.07, 6.45) is 0. The van der Waals surface area contributed by atoms with E-state index in [1.54, 1.807) is 33.0 Å². The van der Waals surface area contributed by atoms with Crippen LogP contribution in [0.2, 0.25) is 5.02 Å². The summed E-state index contributed by atoms with van der Waals surface area (Å²) in [5.74, 6) is -1.27. The molecule has 0 saturated heterocycles. The van der Waals surface area contributed by atoms with Crippen LogP contribution in [0.1, 0.15) is 19.4 Å². The van der Waals surface area contributed by atoms with Crippen LogP contribution in [0.5, 0.6) is 0 Å². The predicted molar refractivity (Wildman–Crippen MR) is 79.2 cm³/mol. The molecule has 0 aliphatic carbocycles. The molecule has 0 saturated carbocycles. The molecule has 2 N–H and O–H groups in total. The number of carbonyl (C=O) groups is 2. The van der Waals surface area contributed by atoms with E-state index >= 15 is 0 Å². The summed E-state index contributed by atoms with van der Waals surface area (Å²) < 4.78 is 0. The number of nitrogens with one attached hydrogen (secondary N) is 1. The average molecular weight is 299 g/mol. The lowest BCUT2D eigenvalue weighted by molar-refractivity contribution is -0.148. The zero-order valence-electron chi connectivity index (χ0n) is 12.0. The minimum absolute atomic E-state index is 0.0230. The fourth-order valence-corrected chi connectivity index (χ4v) is 1.63. The number of halogens is 1. The molecule has 110 valence electrons. The van der Waals surface area contributed by atoms with E-state index in [0.717, 1.165) is 5.56 Å². The highest BCUT2D eigenvalue weighted by atomic mass is 35.5. The molecule has 1 amide bonds. The maximum absolute atomic E-state index is 11.9. The number of carbonyl (C=O) groups excluding carboxylic acids is 1. The topological polar surface area (TPSA) is 69.6 Å². The smallest absolute Gasteiger partial charge is 0.323 e. The fourth-order valence-electron chi connectivity index (χ4n) is 1.45. The van der Waals surface area contributed by atoms with Gasteiger partial charge in [0.15, 0.2) is 0 Å². The Kier molecular flexibility index (Phi) is 5.14. The molecule has 0 unspecified atom stereocenters. The highest BCUT2D eigenvalue weighted by Crippen LogP contribution is 2.20. The number of carboxylic acids is 1. The van der Waals surface area contributed by atoms with E-state index in [0.29, 0.717) is 10.7 Å². The van der Waals surface area contributed by atoms with Gasteiger partial charge in [0.1, 0.15) is 5.54 Å². The van der Waals surface area contributed by atoms with Gasteiger partial charge in [-0.05, 0) is 45.5 Å². The zero-order valence-corrected chi connectivity index (χ0v) is 12.8. The van der Waals surface area contributed by atoms with Gasteiger partial charge in [0.2, 0.25) is 5.91 Å². The van der Waals surface area contributed by atoms with Crippen molar-refractivity contribution in [3.63, 3.8) is 0 Å². The first kappa shape index (κ1) is 16.5. The third-order valence-corrected chi connectivity index (χ3v) is 3.72. The van der Waals surface area contributed by atoms with Crippen LogP contribution in [0.25, 0.3) is 0 Å². The Morgan fingerprint density at radius 3 is 2.50 bits per heavy atom. The summed E-state index contributed by atoms with van der Waals surface area (Å²) in [4.78, 5) is 24.5. The standard InChI is InChI=1S/C14H19ClN2O3/c1-9-5-6-10(7-11(9)15)16-12(18)8-17(4)14(2,3)13(19)20/h5-7H,8H2,1-4H3,(H,16,18)(H,19,20). The second-order valence-electron chi connectivity index (χ2n) is 5.23. The quantitative estimate of drug-likeness (QED) is 0.875. The first-order valence-electron chi connectivity index (χ1n) is 6.15. The Balaban J connectivity index is 2.68. The van der Waals surface area contributed by atoms with Gasteiger partial charge in [-0.3, -0.25) is 14.5 Å².